The number of rotatable bonds is 5. The summed E-state index contributed by atoms with van der Waals surface area (Å²) in [6, 6.07) is 17.7. The van der Waals surface area contributed by atoms with E-state index in [0.717, 1.165) is 39.1 Å². The molecule has 3 heterocycles. The van der Waals surface area contributed by atoms with Crippen LogP contribution < -0.4 is 0 Å². The summed E-state index contributed by atoms with van der Waals surface area (Å²) in [7, 11) is 0. The molecule has 1 atom stereocenters. The molecule has 2 aromatic carbocycles. The molecule has 0 N–H and O–H groups in total. The standard InChI is InChI=1S/C25H24BrN3O3S/c26-20-8-4-7-19(13-20)21-16-33-24(27-21)18-9-11-28(12-10-18)23(30)14-29-22(15-32-25(29)31)17-5-2-1-3-6-17/h1-8,13,16,18,22H,9-12,14-15H2. The minimum absolute atomic E-state index is 0.0257. The molecular weight excluding hydrogens is 502 g/mol. The molecule has 33 heavy (non-hydrogen) atoms. The topological polar surface area (TPSA) is 62.7 Å². The van der Waals surface area contributed by atoms with E-state index < -0.39 is 6.09 Å². The lowest BCUT2D eigenvalue weighted by molar-refractivity contribution is -0.133. The Kier molecular flexibility index (Phi) is 6.46. The Morgan fingerprint density at radius 3 is 2.67 bits per heavy atom. The third kappa shape index (κ3) is 4.82. The van der Waals surface area contributed by atoms with Crippen molar-refractivity contribution < 1.29 is 14.3 Å². The van der Waals surface area contributed by atoms with Gasteiger partial charge >= 0.3 is 6.09 Å². The maximum Gasteiger partial charge on any atom is 0.410 e. The predicted octanol–water partition coefficient (Wildman–Crippen LogP) is 5.47. The lowest BCUT2D eigenvalue weighted by atomic mass is 9.97. The van der Waals surface area contributed by atoms with Crippen molar-refractivity contribution in [3.8, 4) is 11.3 Å². The van der Waals surface area contributed by atoms with Crippen LogP contribution in [0.5, 0.6) is 0 Å². The molecule has 2 fully saturated rings. The second-order valence-corrected chi connectivity index (χ2v) is 10.2. The lowest BCUT2D eigenvalue weighted by Gasteiger charge is -2.32. The Morgan fingerprint density at radius 1 is 1.12 bits per heavy atom. The zero-order valence-corrected chi connectivity index (χ0v) is 20.4. The molecule has 0 aliphatic carbocycles. The highest BCUT2D eigenvalue weighted by atomic mass is 79.9. The van der Waals surface area contributed by atoms with E-state index in [2.05, 4.69) is 33.4 Å². The minimum Gasteiger partial charge on any atom is -0.447 e. The second-order valence-electron chi connectivity index (χ2n) is 8.37. The number of benzene rings is 2. The van der Waals surface area contributed by atoms with Gasteiger partial charge in [-0.05, 0) is 30.5 Å². The highest BCUT2D eigenvalue weighted by Gasteiger charge is 2.37. The van der Waals surface area contributed by atoms with Gasteiger partial charge in [0.2, 0.25) is 5.91 Å². The van der Waals surface area contributed by atoms with Gasteiger partial charge in [0.15, 0.2) is 0 Å². The summed E-state index contributed by atoms with van der Waals surface area (Å²) in [4.78, 5) is 33.6. The molecule has 3 aromatic rings. The van der Waals surface area contributed by atoms with E-state index in [-0.39, 0.29) is 25.1 Å². The molecule has 2 aliphatic heterocycles. The number of piperidine rings is 1. The molecule has 0 spiro atoms. The fourth-order valence-electron chi connectivity index (χ4n) is 4.45. The van der Waals surface area contributed by atoms with Gasteiger partial charge in [-0.2, -0.15) is 0 Å². The van der Waals surface area contributed by atoms with Gasteiger partial charge in [0, 0.05) is 34.4 Å². The van der Waals surface area contributed by atoms with Crippen LogP contribution in [0, 0.1) is 0 Å². The van der Waals surface area contributed by atoms with Crippen LogP contribution in [-0.4, -0.2) is 53.0 Å². The Morgan fingerprint density at radius 2 is 1.91 bits per heavy atom. The van der Waals surface area contributed by atoms with E-state index in [0.29, 0.717) is 19.0 Å². The van der Waals surface area contributed by atoms with Crippen LogP contribution in [0.15, 0.2) is 64.5 Å². The average Bonchev–Trinajstić information content (AvgIpc) is 3.47. The van der Waals surface area contributed by atoms with Gasteiger partial charge in [-0.15, -0.1) is 11.3 Å². The van der Waals surface area contributed by atoms with Crippen LogP contribution in [0.1, 0.15) is 35.4 Å². The Labute approximate surface area is 205 Å². The van der Waals surface area contributed by atoms with Gasteiger partial charge < -0.3 is 9.64 Å². The molecule has 0 saturated carbocycles. The number of hydrogen-bond donors (Lipinski definition) is 0. The summed E-state index contributed by atoms with van der Waals surface area (Å²) in [6.07, 6.45) is 1.34. The third-order valence-corrected chi connectivity index (χ3v) is 7.81. The van der Waals surface area contributed by atoms with Gasteiger partial charge in [0.05, 0.1) is 16.7 Å². The van der Waals surface area contributed by atoms with Crippen LogP contribution >= 0.6 is 27.3 Å². The van der Waals surface area contributed by atoms with Crippen molar-refractivity contribution in [2.45, 2.75) is 24.8 Å². The number of cyclic esters (lactones) is 1. The van der Waals surface area contributed by atoms with Crippen LogP contribution in [0.2, 0.25) is 0 Å². The fraction of sp³-hybridized carbons (Fsp3) is 0.320. The van der Waals surface area contributed by atoms with Crippen molar-refractivity contribution in [3.63, 3.8) is 0 Å². The van der Waals surface area contributed by atoms with Crippen LogP contribution in [0.3, 0.4) is 0 Å². The quantitative estimate of drug-likeness (QED) is 0.442. The molecule has 5 rings (SSSR count). The van der Waals surface area contributed by atoms with Crippen molar-refractivity contribution in [3.05, 3.63) is 75.0 Å². The molecule has 170 valence electrons. The number of ether oxygens (including phenoxy) is 1. The average molecular weight is 526 g/mol. The summed E-state index contributed by atoms with van der Waals surface area (Å²) in [5.41, 5.74) is 3.08. The molecule has 1 unspecified atom stereocenters. The maximum atomic E-state index is 13.0. The summed E-state index contributed by atoms with van der Waals surface area (Å²) in [5.74, 6) is 0.330. The van der Waals surface area contributed by atoms with Gasteiger partial charge in [0.1, 0.15) is 13.2 Å². The number of likely N-dealkylation sites (tertiary alicyclic amines) is 1. The van der Waals surface area contributed by atoms with Crippen molar-refractivity contribution in [1.29, 1.82) is 0 Å². The molecular formula is C25H24BrN3O3S. The van der Waals surface area contributed by atoms with Gasteiger partial charge in [-0.3, -0.25) is 9.69 Å². The molecule has 6 nitrogen and oxygen atoms in total. The molecule has 0 radical (unpaired) electrons. The summed E-state index contributed by atoms with van der Waals surface area (Å²) >= 11 is 5.21. The minimum atomic E-state index is -0.421. The van der Waals surface area contributed by atoms with Gasteiger partial charge in [-0.1, -0.05) is 58.4 Å². The van der Waals surface area contributed by atoms with Crippen molar-refractivity contribution in [2.75, 3.05) is 26.2 Å². The largest absolute Gasteiger partial charge is 0.447 e. The van der Waals surface area contributed by atoms with Crippen LogP contribution in [0.4, 0.5) is 4.79 Å². The van der Waals surface area contributed by atoms with Crippen LogP contribution in [-0.2, 0) is 9.53 Å². The Hall–Kier alpha value is -2.71. The number of carbonyl (C=O) groups excluding carboxylic acids is 2. The second kappa shape index (κ2) is 9.65. The first kappa shape index (κ1) is 22.1. The number of amides is 2. The van der Waals surface area contributed by atoms with Crippen molar-refractivity contribution in [2.24, 2.45) is 0 Å². The van der Waals surface area contributed by atoms with Crippen molar-refractivity contribution >= 4 is 39.3 Å². The smallest absolute Gasteiger partial charge is 0.410 e. The number of thiazole rings is 1. The highest BCUT2D eigenvalue weighted by Crippen LogP contribution is 2.34. The Bertz CT molecular complexity index is 1140. The van der Waals surface area contributed by atoms with E-state index in [1.807, 2.05) is 47.4 Å². The summed E-state index contributed by atoms with van der Waals surface area (Å²) in [6.45, 7) is 1.68. The third-order valence-electron chi connectivity index (χ3n) is 6.30. The lowest BCUT2D eigenvalue weighted by Crippen LogP contribution is -2.44. The first-order valence-electron chi connectivity index (χ1n) is 11.1. The first-order valence-corrected chi connectivity index (χ1v) is 12.7. The number of nitrogens with zero attached hydrogens (tertiary/aromatic N) is 3. The zero-order chi connectivity index (χ0) is 22.8. The predicted molar refractivity (Wildman–Crippen MR) is 131 cm³/mol. The van der Waals surface area contributed by atoms with Gasteiger partial charge in [0.25, 0.3) is 0 Å². The molecule has 2 saturated heterocycles. The monoisotopic (exact) mass is 525 g/mol. The summed E-state index contributed by atoms with van der Waals surface area (Å²) in [5, 5.41) is 3.24. The number of carbonyl (C=O) groups is 2. The number of halogens is 1. The normalized spacial score (nSPS) is 19.1. The van der Waals surface area contributed by atoms with Crippen molar-refractivity contribution in [1.82, 2.24) is 14.8 Å². The highest BCUT2D eigenvalue weighted by molar-refractivity contribution is 9.10. The van der Waals surface area contributed by atoms with Gasteiger partial charge in [-0.25, -0.2) is 9.78 Å². The van der Waals surface area contributed by atoms with E-state index in [9.17, 15) is 9.59 Å². The van der Waals surface area contributed by atoms with E-state index in [1.165, 1.54) is 0 Å². The number of aromatic nitrogens is 1. The molecule has 1 aromatic heterocycles. The first-order chi connectivity index (χ1) is 16.1. The SMILES string of the molecule is O=C(CN1C(=O)OCC1c1ccccc1)N1CCC(c2nc(-c3cccc(Br)c3)cs2)CC1. The summed E-state index contributed by atoms with van der Waals surface area (Å²) < 4.78 is 6.29. The van der Waals surface area contributed by atoms with E-state index >= 15 is 0 Å². The van der Waals surface area contributed by atoms with Crippen LogP contribution in [0.25, 0.3) is 11.3 Å². The zero-order valence-electron chi connectivity index (χ0n) is 18.0. The maximum absolute atomic E-state index is 13.0. The van der Waals surface area contributed by atoms with E-state index in [4.69, 9.17) is 9.72 Å². The Balaban J connectivity index is 1.19. The molecule has 8 heteroatoms. The molecule has 2 aliphatic rings. The van der Waals surface area contributed by atoms with E-state index in [1.54, 1.807) is 16.2 Å². The fourth-order valence-corrected chi connectivity index (χ4v) is 5.85. The molecule has 2 amide bonds. The number of hydrogen-bond acceptors (Lipinski definition) is 5. The molecule has 0 bridgehead atoms.